The van der Waals surface area contributed by atoms with Crippen LogP contribution in [0.4, 0.5) is 24.5 Å². The molecule has 34 heavy (non-hydrogen) atoms. The van der Waals surface area contributed by atoms with Gasteiger partial charge in [0.05, 0.1) is 18.1 Å². The monoisotopic (exact) mass is 469 g/mol. The summed E-state index contributed by atoms with van der Waals surface area (Å²) in [5.74, 6) is -1.03. The Morgan fingerprint density at radius 3 is 2.29 bits per heavy atom. The first-order valence-corrected chi connectivity index (χ1v) is 9.96. The highest BCUT2D eigenvalue weighted by Gasteiger charge is 2.31. The zero-order chi connectivity index (χ0) is 24.5. The first-order valence-electron chi connectivity index (χ1n) is 9.96. The number of nitrogens with zero attached hydrogens (tertiary/aromatic N) is 4. The molecule has 0 aliphatic heterocycles. The number of alkyl halides is 3. The van der Waals surface area contributed by atoms with Gasteiger partial charge in [0.1, 0.15) is 11.4 Å². The maximum absolute atomic E-state index is 13.0. The molecule has 1 N–H and O–H groups in total. The summed E-state index contributed by atoms with van der Waals surface area (Å²) in [7, 11) is 1.49. The van der Waals surface area contributed by atoms with Gasteiger partial charge in [-0.25, -0.2) is 9.97 Å². The molecule has 0 saturated heterocycles. The highest BCUT2D eigenvalue weighted by molar-refractivity contribution is 6.04. The largest absolute Gasteiger partial charge is 0.573 e. The topological polar surface area (TPSA) is 88.8 Å². The normalized spacial score (nSPS) is 11.3. The number of amides is 2. The first-order chi connectivity index (χ1) is 16.1. The molecule has 0 unspecified atom stereocenters. The summed E-state index contributed by atoms with van der Waals surface area (Å²) in [5.41, 5.74) is 3.15. The van der Waals surface area contributed by atoms with Crippen molar-refractivity contribution in [1.29, 1.82) is 0 Å². The van der Waals surface area contributed by atoms with Crippen molar-refractivity contribution in [3.05, 3.63) is 72.8 Å². The predicted molar refractivity (Wildman–Crippen MR) is 119 cm³/mol. The summed E-state index contributed by atoms with van der Waals surface area (Å²) in [6.07, 6.45) is -0.160. The second kappa shape index (κ2) is 8.85. The van der Waals surface area contributed by atoms with Crippen LogP contribution in [0.3, 0.4) is 0 Å². The minimum atomic E-state index is -4.80. The lowest BCUT2D eigenvalue weighted by atomic mass is 10.1. The van der Waals surface area contributed by atoms with E-state index in [0.29, 0.717) is 22.7 Å². The minimum Gasteiger partial charge on any atom is -0.406 e. The van der Waals surface area contributed by atoms with E-state index in [1.165, 1.54) is 37.2 Å². The average molecular weight is 469 g/mol. The second-order valence-corrected chi connectivity index (χ2v) is 7.31. The molecular weight excluding hydrogens is 451 g/mol. The summed E-state index contributed by atoms with van der Waals surface area (Å²) >= 11 is 0. The number of rotatable bonds is 5. The number of ether oxygens (including phenoxy) is 1. The lowest BCUT2D eigenvalue weighted by molar-refractivity contribution is -0.274. The quantitative estimate of drug-likeness (QED) is 0.464. The van der Waals surface area contributed by atoms with E-state index in [4.69, 9.17) is 0 Å². The number of aromatic nitrogens is 3. The van der Waals surface area contributed by atoms with Crippen molar-refractivity contribution in [3.63, 3.8) is 0 Å². The van der Waals surface area contributed by atoms with Gasteiger partial charge < -0.3 is 15.0 Å². The van der Waals surface area contributed by atoms with Crippen molar-refractivity contribution in [2.45, 2.75) is 13.3 Å². The summed E-state index contributed by atoms with van der Waals surface area (Å²) in [6, 6.07) is 12.1. The number of carbonyl (C=O) groups is 2. The standard InChI is InChI=1S/C23H18F3N5O3/c1-14(32)29-16-5-3-15(4-6-16)20-11-28-21-12-27-19(13-31(20)21)22(33)30(2)17-7-9-18(10-8-17)34-23(24,25)26/h3-13H,1-2H3,(H,29,32). The first kappa shape index (κ1) is 22.8. The van der Waals surface area contributed by atoms with Crippen LogP contribution < -0.4 is 15.0 Å². The van der Waals surface area contributed by atoms with Gasteiger partial charge in [-0.15, -0.1) is 13.2 Å². The lowest BCUT2D eigenvalue weighted by Gasteiger charge is -2.18. The van der Waals surface area contributed by atoms with E-state index in [1.54, 1.807) is 28.9 Å². The molecule has 0 spiro atoms. The van der Waals surface area contributed by atoms with Crippen LogP contribution in [0.15, 0.2) is 67.1 Å². The van der Waals surface area contributed by atoms with Gasteiger partial charge in [0.25, 0.3) is 5.91 Å². The van der Waals surface area contributed by atoms with Gasteiger partial charge in [-0.1, -0.05) is 12.1 Å². The van der Waals surface area contributed by atoms with Crippen molar-refractivity contribution in [2.75, 3.05) is 17.3 Å². The number of hydrogen-bond acceptors (Lipinski definition) is 5. The molecule has 0 saturated carbocycles. The molecule has 2 aromatic heterocycles. The smallest absolute Gasteiger partial charge is 0.406 e. The third-order valence-electron chi connectivity index (χ3n) is 4.88. The fourth-order valence-corrected chi connectivity index (χ4v) is 3.30. The molecule has 2 amide bonds. The highest BCUT2D eigenvalue weighted by Crippen LogP contribution is 2.26. The third-order valence-corrected chi connectivity index (χ3v) is 4.88. The van der Waals surface area contributed by atoms with Gasteiger partial charge in [0.2, 0.25) is 5.91 Å². The Balaban J connectivity index is 1.58. The number of fused-ring (bicyclic) bond motifs is 1. The fraction of sp³-hybridized carbons (Fsp3) is 0.130. The van der Waals surface area contributed by atoms with E-state index < -0.39 is 12.3 Å². The number of benzene rings is 2. The minimum absolute atomic E-state index is 0.111. The molecule has 4 rings (SSSR count). The van der Waals surface area contributed by atoms with Crippen molar-refractivity contribution < 1.29 is 27.5 Å². The van der Waals surface area contributed by atoms with E-state index in [-0.39, 0.29) is 17.4 Å². The van der Waals surface area contributed by atoms with Crippen molar-refractivity contribution in [1.82, 2.24) is 14.4 Å². The fourth-order valence-electron chi connectivity index (χ4n) is 3.30. The molecule has 0 radical (unpaired) electrons. The maximum atomic E-state index is 13.0. The van der Waals surface area contributed by atoms with E-state index in [2.05, 4.69) is 20.0 Å². The Morgan fingerprint density at radius 2 is 1.68 bits per heavy atom. The van der Waals surface area contributed by atoms with Crippen LogP contribution in [0.5, 0.6) is 5.75 Å². The molecule has 0 atom stereocenters. The zero-order valence-electron chi connectivity index (χ0n) is 18.0. The van der Waals surface area contributed by atoms with Crippen LogP contribution in [0.25, 0.3) is 16.9 Å². The summed E-state index contributed by atoms with van der Waals surface area (Å²) in [6.45, 7) is 1.42. The molecular formula is C23H18F3N5O3. The van der Waals surface area contributed by atoms with Crippen molar-refractivity contribution in [3.8, 4) is 17.0 Å². The molecule has 4 aromatic rings. The Morgan fingerprint density at radius 1 is 1.00 bits per heavy atom. The number of hydrogen-bond donors (Lipinski definition) is 1. The molecule has 174 valence electrons. The maximum Gasteiger partial charge on any atom is 0.573 e. The second-order valence-electron chi connectivity index (χ2n) is 7.31. The number of nitrogens with one attached hydrogen (secondary N) is 1. The van der Waals surface area contributed by atoms with E-state index >= 15 is 0 Å². The average Bonchev–Trinajstić information content (AvgIpc) is 3.21. The molecule has 0 bridgehead atoms. The predicted octanol–water partition coefficient (Wildman–Crippen LogP) is 4.53. The van der Waals surface area contributed by atoms with Crippen LogP contribution in [0, 0.1) is 0 Å². The van der Waals surface area contributed by atoms with Crippen LogP contribution >= 0.6 is 0 Å². The Kier molecular flexibility index (Phi) is 5.93. The SMILES string of the molecule is CC(=O)Nc1ccc(-c2cnc3cnc(C(=O)N(C)c4ccc(OC(F)(F)F)cc4)cn23)cc1. The summed E-state index contributed by atoms with van der Waals surface area (Å²) in [4.78, 5) is 34.0. The number of halogens is 3. The number of imidazole rings is 1. The molecule has 8 nitrogen and oxygen atoms in total. The zero-order valence-corrected chi connectivity index (χ0v) is 18.0. The summed E-state index contributed by atoms with van der Waals surface area (Å²) < 4.78 is 42.6. The molecule has 11 heteroatoms. The van der Waals surface area contributed by atoms with Crippen LogP contribution in [-0.4, -0.2) is 39.6 Å². The van der Waals surface area contributed by atoms with Crippen LogP contribution in [0.2, 0.25) is 0 Å². The third kappa shape index (κ3) is 4.98. The van der Waals surface area contributed by atoms with Crippen LogP contribution in [-0.2, 0) is 4.79 Å². The molecule has 0 fully saturated rings. The van der Waals surface area contributed by atoms with Gasteiger partial charge in [-0.2, -0.15) is 0 Å². The van der Waals surface area contributed by atoms with Gasteiger partial charge in [0.15, 0.2) is 5.65 Å². The van der Waals surface area contributed by atoms with E-state index in [9.17, 15) is 22.8 Å². The van der Waals surface area contributed by atoms with Crippen LogP contribution in [0.1, 0.15) is 17.4 Å². The number of carbonyl (C=O) groups excluding carboxylic acids is 2. The molecule has 2 aromatic carbocycles. The van der Waals surface area contributed by atoms with Crippen molar-refractivity contribution >= 4 is 28.8 Å². The van der Waals surface area contributed by atoms with Gasteiger partial charge in [0, 0.05) is 37.1 Å². The van der Waals surface area contributed by atoms with Gasteiger partial charge in [-0.05, 0) is 36.4 Å². The Hall–Kier alpha value is -4.41. The lowest BCUT2D eigenvalue weighted by Crippen LogP contribution is -2.27. The summed E-state index contributed by atoms with van der Waals surface area (Å²) in [5, 5.41) is 2.70. The van der Waals surface area contributed by atoms with Gasteiger partial charge >= 0.3 is 6.36 Å². The highest BCUT2D eigenvalue weighted by atomic mass is 19.4. The van der Waals surface area contributed by atoms with Gasteiger partial charge in [-0.3, -0.25) is 14.0 Å². The molecule has 0 aliphatic rings. The van der Waals surface area contributed by atoms with E-state index in [1.807, 2.05) is 12.1 Å². The van der Waals surface area contributed by atoms with Crippen molar-refractivity contribution in [2.24, 2.45) is 0 Å². The number of anilines is 2. The molecule has 2 heterocycles. The molecule has 0 aliphatic carbocycles. The Labute approximate surface area is 191 Å². The van der Waals surface area contributed by atoms with E-state index in [0.717, 1.165) is 17.7 Å². The Bertz CT molecular complexity index is 1350.